The quantitative estimate of drug-likeness (QED) is 0.482. The Morgan fingerprint density at radius 1 is 1.03 bits per heavy atom. The van der Waals surface area contributed by atoms with Crippen LogP contribution in [0.4, 0.5) is 0 Å². The topological polar surface area (TPSA) is 6.48 Å². The molecule has 2 saturated heterocycles. The van der Waals surface area contributed by atoms with Gasteiger partial charge in [-0.15, -0.1) is 0 Å². The van der Waals surface area contributed by atoms with Crippen LogP contribution < -0.4 is 0 Å². The zero-order valence-corrected chi connectivity index (χ0v) is 20.0. The average molecular weight is 397 g/mol. The fourth-order valence-electron chi connectivity index (χ4n) is 5.77. The van der Waals surface area contributed by atoms with Gasteiger partial charge in [0.25, 0.3) is 0 Å². The van der Waals surface area contributed by atoms with Gasteiger partial charge < -0.3 is 4.90 Å². The molecule has 0 bridgehead atoms. The van der Waals surface area contributed by atoms with Crippen LogP contribution in [0.5, 0.6) is 0 Å². The minimum Gasteiger partial charge on any atom is -0.300 e. The first kappa shape index (κ1) is 22.6. The minimum atomic E-state index is 0.476. The van der Waals surface area contributed by atoms with E-state index in [0.29, 0.717) is 18.1 Å². The van der Waals surface area contributed by atoms with E-state index in [1.54, 1.807) is 11.1 Å². The Balaban J connectivity index is 1.68. The summed E-state index contributed by atoms with van der Waals surface area (Å²) >= 11 is 0. The van der Waals surface area contributed by atoms with E-state index in [0.717, 1.165) is 17.8 Å². The van der Waals surface area contributed by atoms with Crippen LogP contribution in [0, 0.1) is 17.8 Å². The van der Waals surface area contributed by atoms with Gasteiger partial charge in [-0.1, -0.05) is 56.7 Å². The highest BCUT2D eigenvalue weighted by Gasteiger charge is 2.35. The van der Waals surface area contributed by atoms with E-state index in [-0.39, 0.29) is 0 Å². The molecule has 0 radical (unpaired) electrons. The number of allylic oxidation sites excluding steroid dienone is 1. The van der Waals surface area contributed by atoms with Crippen LogP contribution in [-0.4, -0.2) is 41.5 Å². The first-order chi connectivity index (χ1) is 13.8. The molecule has 162 valence electrons. The van der Waals surface area contributed by atoms with E-state index in [1.165, 1.54) is 44.5 Å². The minimum absolute atomic E-state index is 0.476. The Morgan fingerprint density at radius 3 is 2.31 bits per heavy atom. The molecule has 0 aliphatic carbocycles. The summed E-state index contributed by atoms with van der Waals surface area (Å²) in [6.45, 7) is 20.6. The fourth-order valence-corrected chi connectivity index (χ4v) is 5.77. The zero-order chi connectivity index (χ0) is 21.1. The Kier molecular flexibility index (Phi) is 7.62. The lowest BCUT2D eigenvalue weighted by Gasteiger charge is -2.30. The molecule has 0 amide bonds. The second-order valence-electron chi connectivity index (χ2n) is 10.4. The Hall–Kier alpha value is -1.12. The molecule has 1 aromatic carbocycles. The first-order valence-electron chi connectivity index (χ1n) is 12.0. The van der Waals surface area contributed by atoms with Gasteiger partial charge in [0.1, 0.15) is 0 Å². The summed E-state index contributed by atoms with van der Waals surface area (Å²) in [4.78, 5) is 5.45. The van der Waals surface area contributed by atoms with E-state index in [2.05, 4.69) is 88.6 Å². The molecule has 2 heterocycles. The molecule has 0 N–H and O–H groups in total. The SMILES string of the molecule is C/C(CCC(C)N1CC(C)C(C(C)C)C1)=C1/CCN(C(C)C)C1c1ccccc1. The number of hydrogen-bond acceptors (Lipinski definition) is 2. The van der Waals surface area contributed by atoms with Crippen molar-refractivity contribution < 1.29 is 0 Å². The van der Waals surface area contributed by atoms with Gasteiger partial charge in [0.15, 0.2) is 0 Å². The molecular weight excluding hydrogens is 352 g/mol. The van der Waals surface area contributed by atoms with Gasteiger partial charge in [-0.25, -0.2) is 0 Å². The van der Waals surface area contributed by atoms with Gasteiger partial charge in [-0.2, -0.15) is 0 Å². The second-order valence-corrected chi connectivity index (χ2v) is 10.4. The van der Waals surface area contributed by atoms with Gasteiger partial charge >= 0.3 is 0 Å². The molecule has 1 aromatic rings. The smallest absolute Gasteiger partial charge is 0.0566 e. The average Bonchev–Trinajstić information content (AvgIpc) is 3.30. The molecule has 4 atom stereocenters. The standard InChI is InChI=1S/C27H44N2/c1-19(2)26-18-28(17-22(26)6)23(7)14-13-21(5)25-15-16-29(20(3)4)27(25)24-11-9-8-10-12-24/h8-12,19-20,22-23,26-27H,13-18H2,1-7H3/b25-21+. The van der Waals surface area contributed by atoms with Crippen molar-refractivity contribution in [2.45, 2.75) is 85.9 Å². The van der Waals surface area contributed by atoms with Crippen LogP contribution >= 0.6 is 0 Å². The van der Waals surface area contributed by atoms with E-state index in [9.17, 15) is 0 Å². The van der Waals surface area contributed by atoms with Crippen molar-refractivity contribution in [3.05, 3.63) is 47.0 Å². The molecule has 2 heteroatoms. The zero-order valence-electron chi connectivity index (χ0n) is 20.0. The largest absolute Gasteiger partial charge is 0.300 e. The van der Waals surface area contributed by atoms with Gasteiger partial charge in [0, 0.05) is 31.7 Å². The van der Waals surface area contributed by atoms with Crippen LogP contribution in [0.3, 0.4) is 0 Å². The van der Waals surface area contributed by atoms with Crippen LogP contribution in [-0.2, 0) is 0 Å². The van der Waals surface area contributed by atoms with Gasteiger partial charge in [0.2, 0.25) is 0 Å². The summed E-state index contributed by atoms with van der Waals surface area (Å²) in [6.07, 6.45) is 3.76. The number of hydrogen-bond donors (Lipinski definition) is 0. The molecule has 4 unspecified atom stereocenters. The third-order valence-corrected chi connectivity index (χ3v) is 7.74. The van der Waals surface area contributed by atoms with Crippen LogP contribution in [0.25, 0.3) is 0 Å². The van der Waals surface area contributed by atoms with E-state index >= 15 is 0 Å². The first-order valence-corrected chi connectivity index (χ1v) is 12.0. The molecule has 2 nitrogen and oxygen atoms in total. The lowest BCUT2D eigenvalue weighted by Crippen LogP contribution is -2.32. The highest BCUT2D eigenvalue weighted by Crippen LogP contribution is 2.41. The van der Waals surface area contributed by atoms with Crippen molar-refractivity contribution >= 4 is 0 Å². The molecule has 2 aliphatic heterocycles. The maximum atomic E-state index is 2.76. The van der Waals surface area contributed by atoms with Gasteiger partial charge in [0.05, 0.1) is 6.04 Å². The monoisotopic (exact) mass is 396 g/mol. The maximum absolute atomic E-state index is 2.76. The van der Waals surface area contributed by atoms with Crippen molar-refractivity contribution in [1.29, 1.82) is 0 Å². The predicted octanol–water partition coefficient (Wildman–Crippen LogP) is 6.55. The van der Waals surface area contributed by atoms with Crippen molar-refractivity contribution in [3.63, 3.8) is 0 Å². The third kappa shape index (κ3) is 5.14. The van der Waals surface area contributed by atoms with Crippen LogP contribution in [0.15, 0.2) is 41.5 Å². The molecule has 2 aliphatic rings. The predicted molar refractivity (Wildman–Crippen MR) is 126 cm³/mol. The molecule has 3 rings (SSSR count). The van der Waals surface area contributed by atoms with Crippen molar-refractivity contribution in [2.24, 2.45) is 17.8 Å². The summed E-state index contributed by atoms with van der Waals surface area (Å²) in [6, 6.07) is 12.9. The number of likely N-dealkylation sites (tertiary alicyclic amines) is 2. The Morgan fingerprint density at radius 2 is 1.72 bits per heavy atom. The van der Waals surface area contributed by atoms with Gasteiger partial charge in [-0.05, 0) is 75.8 Å². The number of nitrogens with zero attached hydrogens (tertiary/aromatic N) is 2. The molecule has 0 saturated carbocycles. The molecule has 0 spiro atoms. The maximum Gasteiger partial charge on any atom is 0.0566 e. The number of benzene rings is 1. The summed E-state index contributed by atoms with van der Waals surface area (Å²) < 4.78 is 0. The molecule has 29 heavy (non-hydrogen) atoms. The van der Waals surface area contributed by atoms with Crippen molar-refractivity contribution in [2.75, 3.05) is 19.6 Å². The highest BCUT2D eigenvalue weighted by atomic mass is 15.2. The third-order valence-electron chi connectivity index (χ3n) is 7.74. The molecule has 2 fully saturated rings. The summed E-state index contributed by atoms with van der Waals surface area (Å²) in [5.41, 5.74) is 4.79. The normalized spacial score (nSPS) is 29.2. The second kappa shape index (κ2) is 9.79. The summed E-state index contributed by atoms with van der Waals surface area (Å²) in [5.74, 6) is 2.51. The lowest BCUT2D eigenvalue weighted by molar-refractivity contribution is 0.216. The van der Waals surface area contributed by atoms with Crippen LogP contribution in [0.2, 0.25) is 0 Å². The van der Waals surface area contributed by atoms with E-state index in [1.807, 2.05) is 0 Å². The fraction of sp³-hybridized carbons (Fsp3) is 0.704. The summed E-state index contributed by atoms with van der Waals surface area (Å²) in [5, 5.41) is 0. The Bertz CT molecular complexity index is 675. The van der Waals surface area contributed by atoms with Crippen molar-refractivity contribution in [1.82, 2.24) is 9.80 Å². The van der Waals surface area contributed by atoms with E-state index < -0.39 is 0 Å². The lowest BCUT2D eigenvalue weighted by atomic mass is 9.88. The van der Waals surface area contributed by atoms with Crippen LogP contribution in [0.1, 0.15) is 79.3 Å². The Labute approximate surface area is 180 Å². The summed E-state index contributed by atoms with van der Waals surface area (Å²) in [7, 11) is 0. The number of rotatable bonds is 7. The van der Waals surface area contributed by atoms with Gasteiger partial charge in [-0.3, -0.25) is 4.90 Å². The molecule has 0 aromatic heterocycles. The highest BCUT2D eigenvalue weighted by molar-refractivity contribution is 5.34. The molecular formula is C27H44N2. The van der Waals surface area contributed by atoms with Crippen molar-refractivity contribution in [3.8, 4) is 0 Å². The van der Waals surface area contributed by atoms with E-state index in [4.69, 9.17) is 0 Å².